The van der Waals surface area contributed by atoms with Crippen LogP contribution in [0.1, 0.15) is 77.7 Å². The van der Waals surface area contributed by atoms with Crippen molar-refractivity contribution < 1.29 is 0 Å². The van der Waals surface area contributed by atoms with Crippen LogP contribution in [0.3, 0.4) is 0 Å². The molecule has 103 valence electrons. The van der Waals surface area contributed by atoms with Gasteiger partial charge in [0.15, 0.2) is 0 Å². The van der Waals surface area contributed by atoms with Crippen molar-refractivity contribution in [3.63, 3.8) is 0 Å². The Kier molecular flexibility index (Phi) is 11.1. The molecule has 0 aliphatic rings. The van der Waals surface area contributed by atoms with E-state index >= 15 is 0 Å². The number of rotatable bonds is 9. The number of unbranched alkanes of at least 4 members (excludes halogenated alkanes) is 6. The van der Waals surface area contributed by atoms with Gasteiger partial charge in [0.1, 0.15) is 0 Å². The third-order valence-corrected chi connectivity index (χ3v) is 3.96. The van der Waals surface area contributed by atoms with Crippen molar-refractivity contribution in [1.29, 1.82) is 0 Å². The van der Waals surface area contributed by atoms with E-state index in [0.717, 1.165) is 0 Å². The van der Waals surface area contributed by atoms with Gasteiger partial charge in [-0.25, -0.2) is 0 Å². The molecule has 1 heteroatoms. The van der Waals surface area contributed by atoms with Crippen LogP contribution >= 0.6 is 0 Å². The van der Waals surface area contributed by atoms with Gasteiger partial charge in [0.2, 0.25) is 0 Å². The molecule has 0 unspecified atom stereocenters. The van der Waals surface area contributed by atoms with Crippen molar-refractivity contribution in [2.45, 2.75) is 77.6 Å². The fourth-order valence-corrected chi connectivity index (χ4v) is 2.56. The smallest absolute Gasteiger partial charge is 0 e. The quantitative estimate of drug-likeness (QED) is 0.397. The van der Waals surface area contributed by atoms with Gasteiger partial charge in [-0.3, -0.25) is 0 Å². The van der Waals surface area contributed by atoms with E-state index in [1.807, 2.05) is 0 Å². The van der Waals surface area contributed by atoms with Crippen LogP contribution in [0, 0.1) is 0 Å². The maximum atomic E-state index is 2.37. The number of hydrogen-bond donors (Lipinski definition) is 0. The Morgan fingerprint density at radius 3 is 1.89 bits per heavy atom. The van der Waals surface area contributed by atoms with Gasteiger partial charge in [-0.05, 0) is 17.4 Å². The normalized spacial score (nSPS) is 11.1. The molecule has 1 aromatic carbocycles. The van der Waals surface area contributed by atoms with Crippen LogP contribution < -0.4 is 0 Å². The van der Waals surface area contributed by atoms with E-state index in [9.17, 15) is 0 Å². The standard InChI is InChI=1S/C18H30.Na/c1-4-5-6-7-8-9-13-16-18(2,3)17-14-11-10-12-15-17;/h10-12,14-15H,4-9,13,16H2,1-3H3;. The molecule has 0 aromatic heterocycles. The molecule has 0 atom stereocenters. The molecule has 0 heterocycles. The molecule has 0 aliphatic heterocycles. The molecule has 1 aromatic rings. The van der Waals surface area contributed by atoms with Gasteiger partial charge in [-0.15, -0.1) is 0 Å². The summed E-state index contributed by atoms with van der Waals surface area (Å²) >= 11 is 0. The Morgan fingerprint density at radius 1 is 0.789 bits per heavy atom. The zero-order valence-electron chi connectivity index (χ0n) is 13.5. The molecular formula is C18H30Na. The van der Waals surface area contributed by atoms with Crippen molar-refractivity contribution in [1.82, 2.24) is 0 Å². The summed E-state index contributed by atoms with van der Waals surface area (Å²) in [5, 5.41) is 0. The fraction of sp³-hybridized carbons (Fsp3) is 0.667. The van der Waals surface area contributed by atoms with Crippen molar-refractivity contribution in [3.8, 4) is 0 Å². The monoisotopic (exact) mass is 269 g/mol. The molecule has 0 nitrogen and oxygen atoms in total. The Labute approximate surface area is 142 Å². The Morgan fingerprint density at radius 2 is 1.32 bits per heavy atom. The maximum absolute atomic E-state index is 2.37. The average Bonchev–Trinajstić information content (AvgIpc) is 2.39. The van der Waals surface area contributed by atoms with E-state index in [4.69, 9.17) is 0 Å². The van der Waals surface area contributed by atoms with Crippen LogP contribution in [-0.2, 0) is 5.41 Å². The van der Waals surface area contributed by atoms with Crippen LogP contribution in [0.4, 0.5) is 0 Å². The van der Waals surface area contributed by atoms with Crippen molar-refractivity contribution >= 4 is 29.6 Å². The molecule has 0 amide bonds. The molecule has 0 bridgehead atoms. The van der Waals surface area contributed by atoms with Crippen LogP contribution in [-0.4, -0.2) is 29.6 Å². The third-order valence-electron chi connectivity index (χ3n) is 3.96. The Balaban J connectivity index is 0.00000324. The minimum Gasteiger partial charge on any atom is -0.0654 e. The van der Waals surface area contributed by atoms with Gasteiger partial charge in [0.25, 0.3) is 0 Å². The zero-order chi connectivity index (χ0) is 13.3. The summed E-state index contributed by atoms with van der Waals surface area (Å²) in [6.07, 6.45) is 11.1. The minimum absolute atomic E-state index is 0. The molecule has 0 aliphatic carbocycles. The van der Waals surface area contributed by atoms with Crippen LogP contribution in [0.15, 0.2) is 30.3 Å². The Bertz CT molecular complexity index is 303. The SMILES string of the molecule is CCCCCCCCCC(C)(C)c1ccccc1.[Na]. The summed E-state index contributed by atoms with van der Waals surface area (Å²) in [4.78, 5) is 0. The van der Waals surface area contributed by atoms with Crippen LogP contribution in [0.25, 0.3) is 0 Å². The van der Waals surface area contributed by atoms with E-state index in [0.29, 0.717) is 5.41 Å². The second-order valence-corrected chi connectivity index (χ2v) is 6.12. The van der Waals surface area contributed by atoms with Crippen molar-refractivity contribution in [3.05, 3.63) is 35.9 Å². The summed E-state index contributed by atoms with van der Waals surface area (Å²) in [5.41, 5.74) is 1.82. The largest absolute Gasteiger partial charge is 0.0654 e. The van der Waals surface area contributed by atoms with E-state index in [1.54, 1.807) is 0 Å². The van der Waals surface area contributed by atoms with Crippen LogP contribution in [0.5, 0.6) is 0 Å². The van der Waals surface area contributed by atoms with Gasteiger partial charge in [0, 0.05) is 29.6 Å². The van der Waals surface area contributed by atoms with Crippen LogP contribution in [0.2, 0.25) is 0 Å². The molecule has 1 radical (unpaired) electrons. The van der Waals surface area contributed by atoms with Crippen molar-refractivity contribution in [2.75, 3.05) is 0 Å². The molecule has 1 rings (SSSR count). The third kappa shape index (κ3) is 8.17. The number of hydrogen-bond acceptors (Lipinski definition) is 0. The fourth-order valence-electron chi connectivity index (χ4n) is 2.56. The zero-order valence-corrected chi connectivity index (χ0v) is 15.5. The van der Waals surface area contributed by atoms with Gasteiger partial charge >= 0.3 is 0 Å². The number of benzene rings is 1. The van der Waals surface area contributed by atoms with Gasteiger partial charge in [-0.2, -0.15) is 0 Å². The predicted molar refractivity (Wildman–Crippen MR) is 87.8 cm³/mol. The van der Waals surface area contributed by atoms with E-state index < -0.39 is 0 Å². The van der Waals surface area contributed by atoms with E-state index in [1.165, 1.54) is 56.9 Å². The summed E-state index contributed by atoms with van der Waals surface area (Å²) in [5.74, 6) is 0. The molecule has 0 saturated carbocycles. The summed E-state index contributed by atoms with van der Waals surface area (Å²) < 4.78 is 0. The second kappa shape index (κ2) is 10.9. The molecule has 19 heavy (non-hydrogen) atoms. The van der Waals surface area contributed by atoms with Gasteiger partial charge in [-0.1, -0.05) is 96.0 Å². The Hall–Kier alpha value is 0.220. The first kappa shape index (κ1) is 19.2. The van der Waals surface area contributed by atoms with E-state index in [-0.39, 0.29) is 29.6 Å². The summed E-state index contributed by atoms with van der Waals surface area (Å²) in [7, 11) is 0. The first-order chi connectivity index (χ1) is 8.67. The van der Waals surface area contributed by atoms with Crippen molar-refractivity contribution in [2.24, 2.45) is 0 Å². The topological polar surface area (TPSA) is 0 Å². The minimum atomic E-state index is 0. The molecule has 0 fully saturated rings. The summed E-state index contributed by atoms with van der Waals surface area (Å²) in [6.45, 7) is 7.03. The summed E-state index contributed by atoms with van der Waals surface area (Å²) in [6, 6.07) is 10.9. The second-order valence-electron chi connectivity index (χ2n) is 6.12. The van der Waals surface area contributed by atoms with E-state index in [2.05, 4.69) is 51.1 Å². The van der Waals surface area contributed by atoms with Gasteiger partial charge < -0.3 is 0 Å². The molecule has 0 N–H and O–H groups in total. The molecule has 0 spiro atoms. The maximum Gasteiger partial charge on any atom is 0 e. The predicted octanol–water partition coefficient (Wildman–Crippen LogP) is 5.72. The first-order valence-electron chi connectivity index (χ1n) is 7.72. The first-order valence-corrected chi connectivity index (χ1v) is 7.72. The van der Waals surface area contributed by atoms with Gasteiger partial charge in [0.05, 0.1) is 0 Å². The molecular weight excluding hydrogens is 239 g/mol. The average molecular weight is 269 g/mol. The molecule has 0 saturated heterocycles.